The monoisotopic (exact) mass is 402 g/mol. The number of aromatic nitrogens is 3. The van der Waals surface area contributed by atoms with Crippen molar-refractivity contribution < 1.29 is 9.53 Å². The maximum atomic E-state index is 11.2. The molecule has 1 aliphatic heterocycles. The predicted molar refractivity (Wildman–Crippen MR) is 109 cm³/mol. The van der Waals surface area contributed by atoms with Gasteiger partial charge in [0.2, 0.25) is 5.91 Å². The zero-order chi connectivity index (χ0) is 19.2. The summed E-state index contributed by atoms with van der Waals surface area (Å²) in [7, 11) is 0. The van der Waals surface area contributed by atoms with Crippen LogP contribution in [0.3, 0.4) is 0 Å². The first-order chi connectivity index (χ1) is 12.9. The van der Waals surface area contributed by atoms with Gasteiger partial charge in [-0.1, -0.05) is 25.1 Å². The Labute approximate surface area is 165 Å². The second kappa shape index (κ2) is 7.00. The topological polar surface area (TPSA) is 91.0 Å². The molecule has 0 spiro atoms. The Morgan fingerprint density at radius 2 is 2.19 bits per heavy atom. The molecule has 4 heterocycles. The van der Waals surface area contributed by atoms with E-state index < -0.39 is 0 Å². The molecule has 0 aromatic carbocycles. The lowest BCUT2D eigenvalue weighted by molar-refractivity contribution is -0.115. The van der Waals surface area contributed by atoms with E-state index in [1.165, 1.54) is 22.9 Å². The lowest BCUT2D eigenvalue weighted by atomic mass is 9.88. The van der Waals surface area contributed by atoms with Crippen molar-refractivity contribution in [3.63, 3.8) is 0 Å². The van der Waals surface area contributed by atoms with Crippen molar-refractivity contribution in [2.45, 2.75) is 57.3 Å². The number of nitrogens with two attached hydrogens (primary N) is 1. The summed E-state index contributed by atoms with van der Waals surface area (Å²) in [5, 5.41) is 1.91. The molecule has 27 heavy (non-hydrogen) atoms. The fourth-order valence-electron chi connectivity index (χ4n) is 3.54. The molecular weight excluding hydrogens is 380 g/mol. The van der Waals surface area contributed by atoms with Crippen LogP contribution in [0, 0.1) is 0 Å². The average molecular weight is 403 g/mol. The van der Waals surface area contributed by atoms with Crippen LogP contribution in [-0.4, -0.2) is 32.2 Å². The summed E-state index contributed by atoms with van der Waals surface area (Å²) in [6.45, 7) is 7.01. The first kappa shape index (κ1) is 18.6. The number of aryl methyl sites for hydroxylation is 1. The molecule has 1 amide bonds. The zero-order valence-corrected chi connectivity index (χ0v) is 17.3. The molecule has 0 aliphatic carbocycles. The molecule has 6 nitrogen and oxygen atoms in total. The highest BCUT2D eigenvalue weighted by Gasteiger charge is 2.31. The van der Waals surface area contributed by atoms with E-state index >= 15 is 0 Å². The van der Waals surface area contributed by atoms with Gasteiger partial charge in [0.1, 0.15) is 16.2 Å². The average Bonchev–Trinajstić information content (AvgIpc) is 2.98. The van der Waals surface area contributed by atoms with Gasteiger partial charge in [-0.2, -0.15) is 0 Å². The molecule has 142 valence electrons. The fourth-order valence-corrected chi connectivity index (χ4v) is 5.53. The number of thioether (sulfide) groups is 1. The number of ether oxygens (including phenoxy) is 1. The van der Waals surface area contributed by atoms with Crippen molar-refractivity contribution in [1.82, 2.24) is 15.0 Å². The van der Waals surface area contributed by atoms with Gasteiger partial charge in [-0.3, -0.25) is 4.79 Å². The Hall–Kier alpha value is -1.77. The first-order valence-electron chi connectivity index (χ1n) is 9.02. The molecule has 3 aromatic heterocycles. The van der Waals surface area contributed by atoms with E-state index in [4.69, 9.17) is 15.5 Å². The van der Waals surface area contributed by atoms with E-state index in [1.54, 1.807) is 17.7 Å². The molecule has 2 N–H and O–H groups in total. The number of hydrogen-bond donors (Lipinski definition) is 1. The van der Waals surface area contributed by atoms with Gasteiger partial charge in [-0.25, -0.2) is 15.0 Å². The third-order valence-corrected chi connectivity index (χ3v) is 6.94. The van der Waals surface area contributed by atoms with E-state index in [0.29, 0.717) is 6.61 Å². The highest BCUT2D eigenvalue weighted by atomic mass is 32.2. The third kappa shape index (κ3) is 3.41. The second-order valence-corrected chi connectivity index (χ2v) is 9.35. The largest absolute Gasteiger partial charge is 0.370 e. The van der Waals surface area contributed by atoms with Crippen LogP contribution < -0.4 is 5.73 Å². The molecule has 0 saturated heterocycles. The Morgan fingerprint density at radius 3 is 2.93 bits per heavy atom. The minimum absolute atomic E-state index is 0.202. The Kier molecular flexibility index (Phi) is 4.82. The van der Waals surface area contributed by atoms with Crippen LogP contribution in [0.25, 0.3) is 20.4 Å². The normalized spacial score (nSPS) is 16.0. The number of rotatable bonds is 5. The smallest absolute Gasteiger partial charge is 0.227 e. The van der Waals surface area contributed by atoms with Gasteiger partial charge in [0, 0.05) is 23.1 Å². The number of thiophene rings is 1. The van der Waals surface area contributed by atoms with Crippen molar-refractivity contribution in [3.05, 3.63) is 23.1 Å². The molecule has 0 bridgehead atoms. The van der Waals surface area contributed by atoms with Crippen LogP contribution in [0.1, 0.15) is 44.0 Å². The Morgan fingerprint density at radius 1 is 1.37 bits per heavy atom. The summed E-state index contributed by atoms with van der Waals surface area (Å²) < 4.78 is 7.06. The van der Waals surface area contributed by atoms with E-state index in [9.17, 15) is 4.79 Å². The maximum Gasteiger partial charge on any atom is 0.227 e. The van der Waals surface area contributed by atoms with Gasteiger partial charge in [0.05, 0.1) is 28.2 Å². The molecule has 0 unspecified atom stereocenters. The van der Waals surface area contributed by atoms with Crippen molar-refractivity contribution in [3.8, 4) is 0 Å². The van der Waals surface area contributed by atoms with E-state index in [2.05, 4.69) is 30.7 Å². The minimum atomic E-state index is -0.354. The highest BCUT2D eigenvalue weighted by Crippen LogP contribution is 2.42. The zero-order valence-electron chi connectivity index (χ0n) is 15.7. The molecule has 0 saturated carbocycles. The molecule has 1 aliphatic rings. The number of fused-ring (bicyclic) bond motifs is 5. The van der Waals surface area contributed by atoms with Gasteiger partial charge in [0.15, 0.2) is 0 Å². The highest BCUT2D eigenvalue weighted by molar-refractivity contribution is 8.00. The summed E-state index contributed by atoms with van der Waals surface area (Å²) in [6, 6.07) is 0. The van der Waals surface area contributed by atoms with Gasteiger partial charge >= 0.3 is 0 Å². The van der Waals surface area contributed by atoms with Gasteiger partial charge in [0.25, 0.3) is 0 Å². The van der Waals surface area contributed by atoms with E-state index in [1.807, 2.05) is 0 Å². The minimum Gasteiger partial charge on any atom is -0.370 e. The van der Waals surface area contributed by atoms with Crippen LogP contribution in [0.2, 0.25) is 0 Å². The van der Waals surface area contributed by atoms with E-state index in [0.717, 1.165) is 50.4 Å². The van der Waals surface area contributed by atoms with Crippen LogP contribution in [-0.2, 0) is 29.0 Å². The Bertz CT molecular complexity index is 1050. The number of hydrogen-bond acceptors (Lipinski definition) is 7. The van der Waals surface area contributed by atoms with Crippen molar-refractivity contribution >= 4 is 49.4 Å². The van der Waals surface area contributed by atoms with E-state index in [-0.39, 0.29) is 17.3 Å². The summed E-state index contributed by atoms with van der Waals surface area (Å²) in [5.41, 5.74) is 9.66. The fraction of sp³-hybridized carbons (Fsp3) is 0.474. The lowest BCUT2D eigenvalue weighted by Crippen LogP contribution is -2.32. The lowest BCUT2D eigenvalue weighted by Gasteiger charge is -2.33. The van der Waals surface area contributed by atoms with Crippen LogP contribution in [0.5, 0.6) is 0 Å². The molecule has 4 rings (SSSR count). The summed E-state index contributed by atoms with van der Waals surface area (Å²) in [6.07, 6.45) is 4.37. The standard InChI is InChI=1S/C19H22N4O2S2/c1-4-5-12-11-7-25-19(2,3)6-10(11)14-15-16(27-17(14)23-12)18(22-9-21-15)26-8-13(20)24/h9H,4-8H2,1-3H3,(H2,20,24). The number of carbonyl (C=O) groups excluding carboxylic acids is 1. The molecule has 0 radical (unpaired) electrons. The van der Waals surface area contributed by atoms with Gasteiger partial charge in [-0.05, 0) is 25.8 Å². The molecule has 8 heteroatoms. The molecule has 0 fully saturated rings. The van der Waals surface area contributed by atoms with Gasteiger partial charge < -0.3 is 10.5 Å². The summed E-state index contributed by atoms with van der Waals surface area (Å²) in [4.78, 5) is 26.1. The van der Waals surface area contributed by atoms with Crippen molar-refractivity contribution in [2.75, 3.05) is 5.75 Å². The van der Waals surface area contributed by atoms with Crippen LogP contribution in [0.15, 0.2) is 11.4 Å². The number of amides is 1. The SMILES string of the molecule is CCCc1nc2sc3c(SCC(N)=O)ncnc3c2c2c1COC(C)(C)C2. The predicted octanol–water partition coefficient (Wildman–Crippen LogP) is 3.62. The van der Waals surface area contributed by atoms with Gasteiger partial charge in [-0.15, -0.1) is 11.3 Å². The van der Waals surface area contributed by atoms with Crippen molar-refractivity contribution in [2.24, 2.45) is 5.73 Å². The summed E-state index contributed by atoms with van der Waals surface area (Å²) in [5.74, 6) is -0.152. The number of carbonyl (C=O) groups is 1. The quantitative estimate of drug-likeness (QED) is 0.518. The Balaban J connectivity index is 1.97. The molecular formula is C19H22N4O2S2. The molecule has 3 aromatic rings. The number of pyridine rings is 1. The summed E-state index contributed by atoms with van der Waals surface area (Å²) >= 11 is 2.96. The van der Waals surface area contributed by atoms with Crippen LogP contribution >= 0.6 is 23.1 Å². The third-order valence-electron chi connectivity index (χ3n) is 4.72. The maximum absolute atomic E-state index is 11.2. The first-order valence-corrected chi connectivity index (χ1v) is 10.8. The van der Waals surface area contributed by atoms with Crippen LogP contribution in [0.4, 0.5) is 0 Å². The van der Waals surface area contributed by atoms with Crippen molar-refractivity contribution in [1.29, 1.82) is 0 Å². The number of primary amides is 1. The molecule has 0 atom stereocenters. The second-order valence-electron chi connectivity index (χ2n) is 7.38. The number of nitrogens with zero attached hydrogens (tertiary/aromatic N) is 3.